The first-order chi connectivity index (χ1) is 12.2. The van der Waals surface area contributed by atoms with Gasteiger partial charge in [0.2, 0.25) is 0 Å². The second-order valence-electron chi connectivity index (χ2n) is 6.44. The van der Waals surface area contributed by atoms with Crippen LogP contribution in [-0.2, 0) is 0 Å². The lowest BCUT2D eigenvalue weighted by molar-refractivity contribution is 0.198. The maximum absolute atomic E-state index is 6.60. The minimum atomic E-state index is 0.109. The van der Waals surface area contributed by atoms with Gasteiger partial charge in [-0.15, -0.1) is 0 Å². The summed E-state index contributed by atoms with van der Waals surface area (Å²) in [6.45, 7) is 3.95. The molecule has 1 heterocycles. The largest absolute Gasteiger partial charge is 0.314 e. The first kappa shape index (κ1) is 16.9. The van der Waals surface area contributed by atoms with Crippen LogP contribution in [0.25, 0.3) is 10.8 Å². The van der Waals surface area contributed by atoms with E-state index in [1.165, 1.54) is 16.3 Å². The maximum Gasteiger partial charge on any atom is 0.0643 e. The highest BCUT2D eigenvalue weighted by atomic mass is 35.5. The Labute approximate surface area is 158 Å². The molecule has 1 aliphatic heterocycles. The van der Waals surface area contributed by atoms with Crippen molar-refractivity contribution in [2.24, 2.45) is 0 Å². The van der Waals surface area contributed by atoms with Crippen molar-refractivity contribution < 1.29 is 0 Å². The highest BCUT2D eigenvalue weighted by molar-refractivity contribution is 6.42. The van der Waals surface area contributed by atoms with E-state index >= 15 is 0 Å². The topological polar surface area (TPSA) is 15.3 Å². The number of nitrogens with one attached hydrogen (secondary N) is 1. The Bertz CT molecular complexity index is 888. The van der Waals surface area contributed by atoms with Crippen molar-refractivity contribution in [2.45, 2.75) is 6.04 Å². The molecule has 1 atom stereocenters. The summed E-state index contributed by atoms with van der Waals surface area (Å²) >= 11 is 12.9. The quantitative estimate of drug-likeness (QED) is 0.686. The molecule has 4 heteroatoms. The summed E-state index contributed by atoms with van der Waals surface area (Å²) < 4.78 is 0. The van der Waals surface area contributed by atoms with Crippen LogP contribution in [0.5, 0.6) is 0 Å². The zero-order valence-electron chi connectivity index (χ0n) is 13.9. The van der Waals surface area contributed by atoms with E-state index in [9.17, 15) is 0 Å². The minimum absolute atomic E-state index is 0.109. The smallest absolute Gasteiger partial charge is 0.0643 e. The normalized spacial score (nSPS) is 16.9. The zero-order chi connectivity index (χ0) is 17.2. The first-order valence-corrected chi connectivity index (χ1v) is 9.37. The number of rotatable bonds is 3. The second kappa shape index (κ2) is 7.35. The van der Waals surface area contributed by atoms with E-state index in [1.54, 1.807) is 0 Å². The summed E-state index contributed by atoms with van der Waals surface area (Å²) in [4.78, 5) is 2.48. The third kappa shape index (κ3) is 3.40. The van der Waals surface area contributed by atoms with E-state index in [-0.39, 0.29) is 6.04 Å². The van der Waals surface area contributed by atoms with Gasteiger partial charge in [0.15, 0.2) is 0 Å². The van der Waals surface area contributed by atoms with Crippen molar-refractivity contribution in [1.82, 2.24) is 10.2 Å². The summed E-state index contributed by atoms with van der Waals surface area (Å²) in [5, 5.41) is 7.19. The van der Waals surface area contributed by atoms with Crippen LogP contribution in [0.3, 0.4) is 0 Å². The van der Waals surface area contributed by atoms with E-state index in [2.05, 4.69) is 58.7 Å². The van der Waals surface area contributed by atoms with Crippen LogP contribution in [0.15, 0.2) is 60.7 Å². The minimum Gasteiger partial charge on any atom is -0.314 e. The Kier molecular flexibility index (Phi) is 4.96. The molecule has 3 aromatic carbocycles. The lowest BCUT2D eigenvalue weighted by atomic mass is 9.94. The van der Waals surface area contributed by atoms with E-state index in [1.807, 2.05) is 12.1 Å². The standard InChI is InChI=1S/C21H20Cl2N2/c22-19-7-3-6-18(20(19)23)21(25-12-10-24-11-13-25)17-9-8-15-4-1-2-5-16(15)14-17/h1-9,14,21,24H,10-13H2. The lowest BCUT2D eigenvalue weighted by Crippen LogP contribution is -2.45. The van der Waals surface area contributed by atoms with Crippen molar-refractivity contribution in [3.05, 3.63) is 81.8 Å². The molecule has 2 nitrogen and oxygen atoms in total. The van der Waals surface area contributed by atoms with Gasteiger partial charge in [0.25, 0.3) is 0 Å². The number of piperazine rings is 1. The van der Waals surface area contributed by atoms with Crippen molar-refractivity contribution in [3.8, 4) is 0 Å². The van der Waals surface area contributed by atoms with Crippen LogP contribution in [0.4, 0.5) is 0 Å². The molecule has 25 heavy (non-hydrogen) atoms. The maximum atomic E-state index is 6.60. The Morgan fingerprint density at radius 2 is 1.60 bits per heavy atom. The molecule has 128 valence electrons. The van der Waals surface area contributed by atoms with E-state index < -0.39 is 0 Å². The van der Waals surface area contributed by atoms with Gasteiger partial charge in [-0.25, -0.2) is 0 Å². The van der Waals surface area contributed by atoms with Crippen LogP contribution in [0.2, 0.25) is 10.0 Å². The molecule has 0 radical (unpaired) electrons. The number of nitrogens with zero attached hydrogens (tertiary/aromatic N) is 1. The van der Waals surface area contributed by atoms with Gasteiger partial charge in [0.1, 0.15) is 0 Å². The fraction of sp³-hybridized carbons (Fsp3) is 0.238. The fourth-order valence-corrected chi connectivity index (χ4v) is 4.05. The van der Waals surface area contributed by atoms with Gasteiger partial charge in [-0.05, 0) is 34.0 Å². The number of fused-ring (bicyclic) bond motifs is 1. The van der Waals surface area contributed by atoms with Gasteiger partial charge in [-0.3, -0.25) is 4.90 Å². The van der Waals surface area contributed by atoms with Crippen molar-refractivity contribution in [1.29, 1.82) is 0 Å². The molecule has 0 bridgehead atoms. The van der Waals surface area contributed by atoms with Crippen LogP contribution in [-0.4, -0.2) is 31.1 Å². The van der Waals surface area contributed by atoms with Gasteiger partial charge >= 0.3 is 0 Å². The molecule has 1 fully saturated rings. The molecule has 0 aromatic heterocycles. The highest BCUT2D eigenvalue weighted by Crippen LogP contribution is 2.37. The summed E-state index contributed by atoms with van der Waals surface area (Å²) in [5.74, 6) is 0. The Morgan fingerprint density at radius 1 is 0.840 bits per heavy atom. The molecule has 3 aromatic rings. The van der Waals surface area contributed by atoms with Crippen LogP contribution >= 0.6 is 23.2 Å². The number of hydrogen-bond acceptors (Lipinski definition) is 2. The van der Waals surface area contributed by atoms with Gasteiger partial charge in [-0.1, -0.05) is 71.7 Å². The summed E-state index contributed by atoms with van der Waals surface area (Å²) in [6, 6.07) is 21.2. The highest BCUT2D eigenvalue weighted by Gasteiger charge is 2.26. The van der Waals surface area contributed by atoms with Crippen molar-refractivity contribution >= 4 is 34.0 Å². The molecule has 1 N–H and O–H groups in total. The molecular weight excluding hydrogens is 351 g/mol. The first-order valence-electron chi connectivity index (χ1n) is 8.61. The average Bonchev–Trinajstić information content (AvgIpc) is 2.66. The molecule has 0 aliphatic carbocycles. The molecule has 4 rings (SSSR count). The second-order valence-corrected chi connectivity index (χ2v) is 7.22. The van der Waals surface area contributed by atoms with Crippen LogP contribution in [0.1, 0.15) is 17.2 Å². The van der Waals surface area contributed by atoms with E-state index in [4.69, 9.17) is 23.2 Å². The average molecular weight is 371 g/mol. The Morgan fingerprint density at radius 3 is 2.40 bits per heavy atom. The number of hydrogen-bond donors (Lipinski definition) is 1. The van der Waals surface area contributed by atoms with E-state index in [0.717, 1.165) is 31.7 Å². The fourth-order valence-electron chi connectivity index (χ4n) is 3.64. The molecule has 0 amide bonds. The molecular formula is C21H20Cl2N2. The monoisotopic (exact) mass is 370 g/mol. The van der Waals surface area contributed by atoms with E-state index in [0.29, 0.717) is 10.0 Å². The molecule has 0 saturated carbocycles. The van der Waals surface area contributed by atoms with Crippen molar-refractivity contribution in [2.75, 3.05) is 26.2 Å². The van der Waals surface area contributed by atoms with Gasteiger partial charge in [-0.2, -0.15) is 0 Å². The van der Waals surface area contributed by atoms with Crippen LogP contribution in [0, 0.1) is 0 Å². The van der Waals surface area contributed by atoms with Gasteiger partial charge in [0.05, 0.1) is 16.1 Å². The molecule has 0 spiro atoms. The van der Waals surface area contributed by atoms with Crippen molar-refractivity contribution in [3.63, 3.8) is 0 Å². The Hall–Kier alpha value is -1.58. The molecule has 1 aliphatic rings. The number of halogens is 2. The zero-order valence-corrected chi connectivity index (χ0v) is 15.4. The predicted molar refractivity (Wildman–Crippen MR) is 107 cm³/mol. The predicted octanol–water partition coefficient (Wildman–Crippen LogP) is 5.14. The Balaban J connectivity index is 1.85. The van der Waals surface area contributed by atoms with Crippen LogP contribution < -0.4 is 5.32 Å². The summed E-state index contributed by atoms with van der Waals surface area (Å²) in [7, 11) is 0. The summed E-state index contributed by atoms with van der Waals surface area (Å²) in [5.41, 5.74) is 2.33. The van der Waals surface area contributed by atoms with Gasteiger partial charge < -0.3 is 5.32 Å². The summed E-state index contributed by atoms with van der Waals surface area (Å²) in [6.07, 6.45) is 0. The molecule has 1 unspecified atom stereocenters. The number of benzene rings is 3. The third-order valence-electron chi connectivity index (χ3n) is 4.88. The lowest BCUT2D eigenvalue weighted by Gasteiger charge is -2.36. The van der Waals surface area contributed by atoms with Gasteiger partial charge in [0, 0.05) is 26.2 Å². The third-order valence-corrected chi connectivity index (χ3v) is 5.72. The molecule has 1 saturated heterocycles. The SMILES string of the molecule is Clc1cccc(C(c2ccc3ccccc3c2)N2CCNCC2)c1Cl.